The van der Waals surface area contributed by atoms with Crippen molar-refractivity contribution in [2.75, 3.05) is 13.9 Å². The van der Waals surface area contributed by atoms with E-state index in [9.17, 15) is 4.79 Å². The van der Waals surface area contributed by atoms with Gasteiger partial charge in [0.1, 0.15) is 12.9 Å². The van der Waals surface area contributed by atoms with Crippen LogP contribution in [-0.4, -0.2) is 19.9 Å². The lowest BCUT2D eigenvalue weighted by atomic mass is 10.1. The molecule has 4 heteroatoms. The standard InChI is InChI=1S/C19H20O4/c1-21-19(20)13-12-18(17-10-6-3-7-11-17)23-15-22-14-16-8-4-2-5-9-16/h2-13,18H,14-15H2,1H3/b13-12+/t18-/m0/s1. The summed E-state index contributed by atoms with van der Waals surface area (Å²) in [6.07, 6.45) is 2.65. The number of methoxy groups -OCH3 is 1. The summed E-state index contributed by atoms with van der Waals surface area (Å²) >= 11 is 0. The summed E-state index contributed by atoms with van der Waals surface area (Å²) in [7, 11) is 1.34. The number of carbonyl (C=O) groups excluding carboxylic acids is 1. The average Bonchev–Trinajstić information content (AvgIpc) is 2.62. The zero-order valence-electron chi connectivity index (χ0n) is 13.1. The van der Waals surface area contributed by atoms with E-state index in [1.807, 2.05) is 60.7 Å². The van der Waals surface area contributed by atoms with Gasteiger partial charge in [-0.2, -0.15) is 0 Å². The van der Waals surface area contributed by atoms with Crippen molar-refractivity contribution in [2.24, 2.45) is 0 Å². The molecule has 0 amide bonds. The molecule has 1 atom stereocenters. The molecule has 0 aliphatic rings. The monoisotopic (exact) mass is 312 g/mol. The molecular formula is C19H20O4. The highest BCUT2D eigenvalue weighted by Gasteiger charge is 2.09. The number of rotatable bonds is 8. The van der Waals surface area contributed by atoms with E-state index in [2.05, 4.69) is 4.74 Å². The molecule has 0 N–H and O–H groups in total. The van der Waals surface area contributed by atoms with Gasteiger partial charge < -0.3 is 14.2 Å². The Morgan fingerprint density at radius 1 is 1.04 bits per heavy atom. The van der Waals surface area contributed by atoms with Crippen LogP contribution in [0.1, 0.15) is 17.2 Å². The molecule has 0 unspecified atom stereocenters. The fourth-order valence-electron chi connectivity index (χ4n) is 1.99. The normalized spacial score (nSPS) is 12.2. The predicted molar refractivity (Wildman–Crippen MR) is 87.5 cm³/mol. The van der Waals surface area contributed by atoms with Gasteiger partial charge in [-0.3, -0.25) is 0 Å². The van der Waals surface area contributed by atoms with Gasteiger partial charge in [-0.15, -0.1) is 0 Å². The number of benzene rings is 2. The third kappa shape index (κ3) is 6.06. The zero-order valence-corrected chi connectivity index (χ0v) is 13.1. The molecule has 120 valence electrons. The highest BCUT2D eigenvalue weighted by atomic mass is 16.7. The van der Waals surface area contributed by atoms with Crippen LogP contribution in [0.25, 0.3) is 0 Å². The van der Waals surface area contributed by atoms with Gasteiger partial charge in [0.2, 0.25) is 0 Å². The molecule has 0 heterocycles. The minimum Gasteiger partial charge on any atom is -0.466 e. The SMILES string of the molecule is COC(=O)/C=C/[C@H](OCOCc1ccccc1)c1ccccc1. The van der Waals surface area contributed by atoms with Gasteiger partial charge in [0, 0.05) is 6.08 Å². The number of hydrogen-bond donors (Lipinski definition) is 0. The van der Waals surface area contributed by atoms with Crippen LogP contribution in [0.5, 0.6) is 0 Å². The van der Waals surface area contributed by atoms with Crippen LogP contribution < -0.4 is 0 Å². The Bertz CT molecular complexity index is 608. The van der Waals surface area contributed by atoms with Crippen molar-refractivity contribution in [3.8, 4) is 0 Å². The summed E-state index contributed by atoms with van der Waals surface area (Å²) in [6, 6.07) is 19.5. The first-order chi connectivity index (χ1) is 11.3. The van der Waals surface area contributed by atoms with Crippen LogP contribution in [0.4, 0.5) is 0 Å². The quantitative estimate of drug-likeness (QED) is 0.323. The molecule has 2 aromatic rings. The third-order valence-corrected chi connectivity index (χ3v) is 3.18. The largest absolute Gasteiger partial charge is 0.466 e. The Hall–Kier alpha value is -2.43. The summed E-state index contributed by atoms with van der Waals surface area (Å²) in [6.45, 7) is 0.600. The van der Waals surface area contributed by atoms with Gasteiger partial charge in [0.15, 0.2) is 0 Å². The van der Waals surface area contributed by atoms with Crippen LogP contribution in [0.15, 0.2) is 72.8 Å². The molecule has 2 aromatic carbocycles. The van der Waals surface area contributed by atoms with Crippen molar-refractivity contribution >= 4 is 5.97 Å². The molecule has 0 fully saturated rings. The summed E-state index contributed by atoms with van der Waals surface area (Å²) in [4.78, 5) is 11.3. The van der Waals surface area contributed by atoms with E-state index in [1.165, 1.54) is 13.2 Å². The zero-order chi connectivity index (χ0) is 16.3. The van der Waals surface area contributed by atoms with Gasteiger partial charge in [0.25, 0.3) is 0 Å². The number of hydrogen-bond acceptors (Lipinski definition) is 4. The minimum absolute atomic E-state index is 0.125. The lowest BCUT2D eigenvalue weighted by molar-refractivity contribution is -0.135. The summed E-state index contributed by atoms with van der Waals surface area (Å²) < 4.78 is 15.9. The fourth-order valence-corrected chi connectivity index (χ4v) is 1.99. The van der Waals surface area contributed by atoms with E-state index >= 15 is 0 Å². The molecular weight excluding hydrogens is 292 g/mol. The Kier molecular flexibility index (Phi) is 7.04. The molecule has 0 saturated heterocycles. The van der Waals surface area contributed by atoms with Gasteiger partial charge in [0.05, 0.1) is 13.7 Å². The lowest BCUT2D eigenvalue weighted by Gasteiger charge is -2.15. The van der Waals surface area contributed by atoms with E-state index in [-0.39, 0.29) is 12.9 Å². The molecule has 23 heavy (non-hydrogen) atoms. The van der Waals surface area contributed by atoms with Crippen LogP contribution in [0, 0.1) is 0 Å². The Morgan fingerprint density at radius 2 is 1.70 bits per heavy atom. The maximum absolute atomic E-state index is 11.3. The van der Waals surface area contributed by atoms with Crippen molar-refractivity contribution in [1.29, 1.82) is 0 Å². The van der Waals surface area contributed by atoms with E-state index in [4.69, 9.17) is 9.47 Å². The molecule has 2 rings (SSSR count). The van der Waals surface area contributed by atoms with Gasteiger partial charge in [-0.05, 0) is 17.2 Å². The molecule has 0 saturated carbocycles. The highest BCUT2D eigenvalue weighted by molar-refractivity contribution is 5.81. The van der Waals surface area contributed by atoms with E-state index in [0.717, 1.165) is 11.1 Å². The predicted octanol–water partition coefficient (Wildman–Crippen LogP) is 3.65. The van der Waals surface area contributed by atoms with Crippen molar-refractivity contribution < 1.29 is 19.0 Å². The van der Waals surface area contributed by atoms with Crippen molar-refractivity contribution in [1.82, 2.24) is 0 Å². The van der Waals surface area contributed by atoms with E-state index < -0.39 is 5.97 Å². The molecule has 0 aliphatic heterocycles. The molecule has 4 nitrogen and oxygen atoms in total. The fraction of sp³-hybridized carbons (Fsp3) is 0.211. The van der Waals surface area contributed by atoms with Gasteiger partial charge in [-0.1, -0.05) is 60.7 Å². The maximum Gasteiger partial charge on any atom is 0.330 e. The first-order valence-corrected chi connectivity index (χ1v) is 7.34. The van der Waals surface area contributed by atoms with E-state index in [1.54, 1.807) is 6.08 Å². The van der Waals surface area contributed by atoms with E-state index in [0.29, 0.717) is 6.61 Å². The topological polar surface area (TPSA) is 44.8 Å². The summed E-state index contributed by atoms with van der Waals surface area (Å²) in [5.41, 5.74) is 2.02. The van der Waals surface area contributed by atoms with Crippen LogP contribution in [0.3, 0.4) is 0 Å². The van der Waals surface area contributed by atoms with Crippen molar-refractivity contribution in [3.05, 3.63) is 83.9 Å². The number of esters is 1. The summed E-state index contributed by atoms with van der Waals surface area (Å²) in [5, 5.41) is 0. The Labute approximate surface area is 136 Å². The molecule has 0 radical (unpaired) electrons. The summed E-state index contributed by atoms with van der Waals surface area (Å²) in [5.74, 6) is -0.417. The Balaban J connectivity index is 1.90. The van der Waals surface area contributed by atoms with Crippen molar-refractivity contribution in [2.45, 2.75) is 12.7 Å². The number of carbonyl (C=O) groups is 1. The molecule has 0 bridgehead atoms. The minimum atomic E-state index is -0.417. The van der Waals surface area contributed by atoms with Gasteiger partial charge >= 0.3 is 5.97 Å². The first kappa shape index (κ1) is 16.9. The van der Waals surface area contributed by atoms with Crippen LogP contribution in [0.2, 0.25) is 0 Å². The maximum atomic E-state index is 11.3. The molecule has 0 aliphatic carbocycles. The van der Waals surface area contributed by atoms with Crippen LogP contribution in [-0.2, 0) is 25.6 Å². The third-order valence-electron chi connectivity index (χ3n) is 3.18. The van der Waals surface area contributed by atoms with Gasteiger partial charge in [-0.25, -0.2) is 4.79 Å². The average molecular weight is 312 g/mol. The second kappa shape index (κ2) is 9.56. The first-order valence-electron chi connectivity index (χ1n) is 7.34. The second-order valence-electron chi connectivity index (χ2n) is 4.83. The highest BCUT2D eigenvalue weighted by Crippen LogP contribution is 2.19. The van der Waals surface area contributed by atoms with Crippen molar-refractivity contribution in [3.63, 3.8) is 0 Å². The van der Waals surface area contributed by atoms with Crippen LogP contribution >= 0.6 is 0 Å². The number of ether oxygens (including phenoxy) is 3. The smallest absolute Gasteiger partial charge is 0.330 e. The Morgan fingerprint density at radius 3 is 2.35 bits per heavy atom. The lowest BCUT2D eigenvalue weighted by Crippen LogP contribution is -2.07. The molecule has 0 aromatic heterocycles. The molecule has 0 spiro atoms. The second-order valence-corrected chi connectivity index (χ2v) is 4.83.